The zero-order chi connectivity index (χ0) is 16.0. The summed E-state index contributed by atoms with van der Waals surface area (Å²) in [6.07, 6.45) is 2.49. The maximum atomic E-state index is 10.9. The molecule has 1 N–H and O–H groups in total. The second kappa shape index (κ2) is 7.95. The van der Waals surface area contributed by atoms with Gasteiger partial charge in [0, 0.05) is 12.7 Å². The molecule has 0 aliphatic rings. The Morgan fingerprint density at radius 3 is 2.35 bits per heavy atom. The van der Waals surface area contributed by atoms with Gasteiger partial charge in [-0.05, 0) is 36.5 Å². The minimum Gasteiger partial charge on any atom is -0.466 e. The van der Waals surface area contributed by atoms with E-state index >= 15 is 0 Å². The SMILES string of the molecule is COC(=O)/C=C/[C@H](O)CCO[Si](C)(C)C(C)(C)C(C)C. The van der Waals surface area contributed by atoms with Crippen LogP contribution >= 0.6 is 0 Å². The summed E-state index contributed by atoms with van der Waals surface area (Å²) < 4.78 is 10.6. The molecule has 5 heteroatoms. The van der Waals surface area contributed by atoms with Crippen molar-refractivity contribution in [3.8, 4) is 0 Å². The van der Waals surface area contributed by atoms with Crippen molar-refractivity contribution < 1.29 is 19.1 Å². The standard InChI is InChI=1S/C15H30O4Si/c1-12(2)15(3,4)20(6,7)19-11-10-13(16)8-9-14(17)18-5/h8-9,12-13,16H,10-11H2,1-7H3/b9-8+/t13-/m0/s1. The molecule has 0 aromatic heterocycles. The third-order valence-corrected chi connectivity index (χ3v) is 9.13. The Morgan fingerprint density at radius 2 is 1.90 bits per heavy atom. The first-order valence-corrected chi connectivity index (χ1v) is 10.0. The highest BCUT2D eigenvalue weighted by Crippen LogP contribution is 2.44. The van der Waals surface area contributed by atoms with E-state index in [1.54, 1.807) is 0 Å². The number of hydrogen-bond acceptors (Lipinski definition) is 4. The lowest BCUT2D eigenvalue weighted by atomic mass is 9.99. The van der Waals surface area contributed by atoms with Crippen LogP contribution in [0, 0.1) is 5.92 Å². The maximum Gasteiger partial charge on any atom is 0.330 e. The van der Waals surface area contributed by atoms with Crippen LogP contribution in [0.3, 0.4) is 0 Å². The summed E-state index contributed by atoms with van der Waals surface area (Å²) in [6, 6.07) is 0. The largest absolute Gasteiger partial charge is 0.466 e. The van der Waals surface area contributed by atoms with Crippen LogP contribution in [-0.4, -0.2) is 39.2 Å². The van der Waals surface area contributed by atoms with Gasteiger partial charge in [-0.25, -0.2) is 4.79 Å². The summed E-state index contributed by atoms with van der Waals surface area (Å²) in [5.74, 6) is 0.0916. The zero-order valence-electron chi connectivity index (χ0n) is 13.9. The predicted octanol–water partition coefficient (Wildman–Crippen LogP) is 3.12. The Morgan fingerprint density at radius 1 is 1.35 bits per heavy atom. The average Bonchev–Trinajstić information content (AvgIpc) is 2.35. The Labute approximate surface area is 124 Å². The summed E-state index contributed by atoms with van der Waals surface area (Å²) in [7, 11) is -0.530. The number of carbonyl (C=O) groups is 1. The van der Waals surface area contributed by atoms with Crippen molar-refractivity contribution >= 4 is 14.3 Å². The molecule has 118 valence electrons. The van der Waals surface area contributed by atoms with Crippen molar-refractivity contribution in [3.05, 3.63) is 12.2 Å². The van der Waals surface area contributed by atoms with Gasteiger partial charge >= 0.3 is 5.97 Å². The minimum absolute atomic E-state index is 0.166. The molecule has 0 unspecified atom stereocenters. The predicted molar refractivity (Wildman–Crippen MR) is 84.1 cm³/mol. The normalized spacial score (nSPS) is 14.8. The third-order valence-electron chi connectivity index (χ3n) is 4.53. The van der Waals surface area contributed by atoms with Gasteiger partial charge in [-0.3, -0.25) is 0 Å². The van der Waals surface area contributed by atoms with Gasteiger partial charge in [-0.1, -0.05) is 27.7 Å². The Balaban J connectivity index is 4.30. The van der Waals surface area contributed by atoms with Gasteiger partial charge in [-0.15, -0.1) is 0 Å². The summed E-state index contributed by atoms with van der Waals surface area (Å²) in [5.41, 5.74) is 0. The summed E-state index contributed by atoms with van der Waals surface area (Å²) >= 11 is 0. The van der Waals surface area contributed by atoms with Gasteiger partial charge in [0.25, 0.3) is 0 Å². The molecule has 0 amide bonds. The number of esters is 1. The Hall–Kier alpha value is -0.653. The van der Waals surface area contributed by atoms with E-state index in [1.165, 1.54) is 19.3 Å². The molecule has 20 heavy (non-hydrogen) atoms. The highest BCUT2D eigenvalue weighted by molar-refractivity contribution is 6.74. The first kappa shape index (κ1) is 19.3. The molecule has 0 fully saturated rings. The Kier molecular flexibility index (Phi) is 7.69. The monoisotopic (exact) mass is 302 g/mol. The van der Waals surface area contributed by atoms with Gasteiger partial charge < -0.3 is 14.3 Å². The van der Waals surface area contributed by atoms with Crippen LogP contribution in [0.1, 0.15) is 34.1 Å². The van der Waals surface area contributed by atoms with Crippen molar-refractivity contribution in [2.45, 2.75) is 58.4 Å². The van der Waals surface area contributed by atoms with Gasteiger partial charge in [0.15, 0.2) is 8.32 Å². The zero-order valence-corrected chi connectivity index (χ0v) is 14.9. The smallest absolute Gasteiger partial charge is 0.330 e. The molecule has 0 aromatic rings. The molecule has 0 heterocycles. The van der Waals surface area contributed by atoms with Crippen LogP contribution in [0.25, 0.3) is 0 Å². The van der Waals surface area contributed by atoms with E-state index in [4.69, 9.17) is 4.43 Å². The second-order valence-corrected chi connectivity index (χ2v) is 11.1. The quantitative estimate of drug-likeness (QED) is 0.425. The van der Waals surface area contributed by atoms with Gasteiger partial charge in [0.2, 0.25) is 0 Å². The summed E-state index contributed by atoms with van der Waals surface area (Å²) in [4.78, 5) is 10.9. The number of aliphatic hydroxyl groups is 1. The average molecular weight is 302 g/mol. The first-order chi connectivity index (χ1) is 9.04. The van der Waals surface area contributed by atoms with Gasteiger partial charge in [0.1, 0.15) is 0 Å². The molecular weight excluding hydrogens is 272 g/mol. The second-order valence-electron chi connectivity index (χ2n) is 6.47. The van der Waals surface area contributed by atoms with Crippen LogP contribution in [0.5, 0.6) is 0 Å². The highest BCUT2D eigenvalue weighted by Gasteiger charge is 2.43. The number of methoxy groups -OCH3 is 1. The van der Waals surface area contributed by atoms with Gasteiger partial charge in [-0.2, -0.15) is 0 Å². The molecular formula is C15H30O4Si. The minimum atomic E-state index is -1.84. The number of carbonyl (C=O) groups excluding carboxylic acids is 1. The van der Waals surface area contributed by atoms with E-state index in [2.05, 4.69) is 45.5 Å². The fourth-order valence-corrected chi connectivity index (χ4v) is 4.06. The van der Waals surface area contributed by atoms with Crippen molar-refractivity contribution in [3.63, 3.8) is 0 Å². The molecule has 0 bridgehead atoms. The van der Waals surface area contributed by atoms with E-state index < -0.39 is 20.4 Å². The summed E-state index contributed by atoms with van der Waals surface area (Å²) in [5, 5.41) is 9.91. The van der Waals surface area contributed by atoms with Crippen LogP contribution in [0.15, 0.2) is 12.2 Å². The molecule has 0 spiro atoms. The molecule has 0 aliphatic heterocycles. The molecule has 0 saturated heterocycles. The van der Waals surface area contributed by atoms with E-state index in [-0.39, 0.29) is 5.04 Å². The highest BCUT2D eigenvalue weighted by atomic mass is 28.4. The first-order valence-electron chi connectivity index (χ1n) is 7.12. The lowest BCUT2D eigenvalue weighted by molar-refractivity contribution is -0.134. The van der Waals surface area contributed by atoms with Crippen molar-refractivity contribution in [2.24, 2.45) is 5.92 Å². The molecule has 0 radical (unpaired) electrons. The van der Waals surface area contributed by atoms with Crippen molar-refractivity contribution in [1.29, 1.82) is 0 Å². The molecule has 1 atom stereocenters. The number of ether oxygens (including phenoxy) is 1. The van der Waals surface area contributed by atoms with Crippen LogP contribution in [-0.2, 0) is 14.0 Å². The lowest BCUT2D eigenvalue weighted by Gasteiger charge is -2.42. The maximum absolute atomic E-state index is 10.9. The fraction of sp³-hybridized carbons (Fsp3) is 0.800. The Bertz CT molecular complexity index is 335. The molecule has 0 aliphatic carbocycles. The lowest BCUT2D eigenvalue weighted by Crippen LogP contribution is -2.45. The molecule has 4 nitrogen and oxygen atoms in total. The van der Waals surface area contributed by atoms with E-state index in [1.807, 2.05) is 0 Å². The van der Waals surface area contributed by atoms with Gasteiger partial charge in [0.05, 0.1) is 13.2 Å². The van der Waals surface area contributed by atoms with Crippen LogP contribution in [0.2, 0.25) is 18.1 Å². The summed E-state index contributed by atoms with van der Waals surface area (Å²) in [6.45, 7) is 13.8. The van der Waals surface area contributed by atoms with Crippen LogP contribution in [0.4, 0.5) is 0 Å². The third kappa shape index (κ3) is 5.77. The fourth-order valence-electron chi connectivity index (χ4n) is 1.67. The molecule has 0 saturated carbocycles. The molecule has 0 rings (SSSR count). The van der Waals surface area contributed by atoms with E-state index in [0.29, 0.717) is 18.9 Å². The van der Waals surface area contributed by atoms with Crippen molar-refractivity contribution in [2.75, 3.05) is 13.7 Å². The van der Waals surface area contributed by atoms with Crippen molar-refractivity contribution in [1.82, 2.24) is 0 Å². The topological polar surface area (TPSA) is 55.8 Å². The van der Waals surface area contributed by atoms with E-state index in [9.17, 15) is 9.90 Å². The molecule has 0 aromatic carbocycles. The van der Waals surface area contributed by atoms with Crippen LogP contribution < -0.4 is 0 Å². The number of hydrogen-bond donors (Lipinski definition) is 1. The van der Waals surface area contributed by atoms with E-state index in [0.717, 1.165) is 0 Å². The number of aliphatic hydroxyl groups excluding tert-OH is 1. The number of rotatable bonds is 8.